The monoisotopic (exact) mass is 249 g/mol. The van der Waals surface area contributed by atoms with Gasteiger partial charge in [-0.1, -0.05) is 0 Å². The highest BCUT2D eigenvalue weighted by Crippen LogP contribution is 2.25. The van der Waals surface area contributed by atoms with Crippen molar-refractivity contribution < 1.29 is 19.8 Å². The summed E-state index contributed by atoms with van der Waals surface area (Å²) in [7, 11) is 0. The number of aliphatic hydroxyl groups is 1. The minimum atomic E-state index is -1.17. The molecule has 7 nitrogen and oxygen atoms in total. The number of carboxylic acid groups (broad SMARTS) is 1. The van der Waals surface area contributed by atoms with Crippen molar-refractivity contribution >= 4 is 23.3 Å². The molecule has 2 aromatic heterocycles. The summed E-state index contributed by atoms with van der Waals surface area (Å²) in [6.07, 6.45) is 3.65. The van der Waals surface area contributed by atoms with Crippen LogP contribution in [0.15, 0.2) is 12.5 Å². The van der Waals surface area contributed by atoms with E-state index in [1.807, 2.05) is 0 Å². The van der Waals surface area contributed by atoms with Crippen molar-refractivity contribution in [3.8, 4) is 0 Å². The quantitative estimate of drug-likeness (QED) is 0.657. The number of carbonyl (C=O) groups is 2. The maximum atomic E-state index is 11.0. The molecule has 0 fully saturated rings. The Bertz CT molecular complexity index is 593. The standard InChI is InChI=1S/C11H11N3O4/c15-2-1-6(4-16)7-3-12-9-8(7)13-5-14-10(9)11(17)18/h3-6,12,15H,1-2H2,(H,17,18). The van der Waals surface area contributed by atoms with Crippen LogP contribution in [0.3, 0.4) is 0 Å². The third-order valence-corrected chi connectivity index (χ3v) is 2.70. The van der Waals surface area contributed by atoms with Crippen molar-refractivity contribution in [1.82, 2.24) is 15.0 Å². The molecule has 0 saturated heterocycles. The van der Waals surface area contributed by atoms with Crippen LogP contribution in [-0.4, -0.2) is 44.0 Å². The van der Waals surface area contributed by atoms with Crippen LogP contribution < -0.4 is 0 Å². The van der Waals surface area contributed by atoms with Gasteiger partial charge < -0.3 is 20.0 Å². The number of rotatable bonds is 5. The fourth-order valence-corrected chi connectivity index (χ4v) is 1.84. The van der Waals surface area contributed by atoms with Crippen LogP contribution in [0.25, 0.3) is 11.0 Å². The minimum absolute atomic E-state index is 0.132. The van der Waals surface area contributed by atoms with E-state index in [4.69, 9.17) is 10.2 Å². The first kappa shape index (κ1) is 12.2. The Balaban J connectivity index is 2.57. The van der Waals surface area contributed by atoms with E-state index in [-0.39, 0.29) is 24.2 Å². The highest BCUT2D eigenvalue weighted by Gasteiger charge is 2.19. The maximum absolute atomic E-state index is 11.0. The summed E-state index contributed by atoms with van der Waals surface area (Å²) in [5, 5.41) is 17.9. The lowest BCUT2D eigenvalue weighted by molar-refractivity contribution is -0.109. The normalized spacial score (nSPS) is 12.5. The van der Waals surface area contributed by atoms with Crippen LogP contribution in [0.5, 0.6) is 0 Å². The molecule has 1 unspecified atom stereocenters. The van der Waals surface area contributed by atoms with Crippen LogP contribution in [0.1, 0.15) is 28.4 Å². The van der Waals surface area contributed by atoms with Gasteiger partial charge in [0.25, 0.3) is 0 Å². The summed E-state index contributed by atoms with van der Waals surface area (Å²) >= 11 is 0. The lowest BCUT2D eigenvalue weighted by atomic mass is 9.99. The Labute approximate surface area is 101 Å². The van der Waals surface area contributed by atoms with Crippen LogP contribution in [-0.2, 0) is 4.79 Å². The Morgan fingerprint density at radius 3 is 2.89 bits per heavy atom. The van der Waals surface area contributed by atoms with E-state index in [0.717, 1.165) is 6.33 Å². The van der Waals surface area contributed by atoms with E-state index in [2.05, 4.69) is 15.0 Å². The number of aldehydes is 1. The van der Waals surface area contributed by atoms with E-state index >= 15 is 0 Å². The van der Waals surface area contributed by atoms with Gasteiger partial charge in [-0.15, -0.1) is 0 Å². The molecule has 3 N–H and O–H groups in total. The third kappa shape index (κ3) is 1.95. The minimum Gasteiger partial charge on any atom is -0.476 e. The smallest absolute Gasteiger partial charge is 0.356 e. The van der Waals surface area contributed by atoms with Gasteiger partial charge in [-0.3, -0.25) is 0 Å². The van der Waals surface area contributed by atoms with Crippen LogP contribution in [0.2, 0.25) is 0 Å². The van der Waals surface area contributed by atoms with Gasteiger partial charge in [-0.2, -0.15) is 0 Å². The predicted molar refractivity (Wildman–Crippen MR) is 61.4 cm³/mol. The zero-order valence-corrected chi connectivity index (χ0v) is 9.33. The van der Waals surface area contributed by atoms with Crippen molar-refractivity contribution in [2.24, 2.45) is 0 Å². The first-order valence-corrected chi connectivity index (χ1v) is 5.30. The second-order valence-electron chi connectivity index (χ2n) is 3.75. The van der Waals surface area contributed by atoms with Gasteiger partial charge in [0, 0.05) is 24.3 Å². The van der Waals surface area contributed by atoms with E-state index in [0.29, 0.717) is 17.4 Å². The molecule has 0 aliphatic carbocycles. The maximum Gasteiger partial charge on any atom is 0.356 e. The summed E-state index contributed by atoms with van der Waals surface area (Å²) in [6.45, 7) is -0.132. The number of aromatic nitrogens is 3. The number of nitrogens with zero attached hydrogens (tertiary/aromatic N) is 2. The van der Waals surface area contributed by atoms with E-state index in [1.165, 1.54) is 6.20 Å². The summed E-state index contributed by atoms with van der Waals surface area (Å²) in [5.41, 5.74) is 1.11. The van der Waals surface area contributed by atoms with Crippen molar-refractivity contribution in [3.63, 3.8) is 0 Å². The van der Waals surface area contributed by atoms with Gasteiger partial charge in [0.15, 0.2) is 5.69 Å². The average molecular weight is 249 g/mol. The number of aromatic amines is 1. The fraction of sp³-hybridized carbons (Fsp3) is 0.273. The van der Waals surface area contributed by atoms with E-state index in [1.54, 1.807) is 0 Å². The highest BCUT2D eigenvalue weighted by atomic mass is 16.4. The molecule has 0 spiro atoms. The molecule has 0 saturated carbocycles. The molecule has 94 valence electrons. The number of hydrogen-bond donors (Lipinski definition) is 3. The Morgan fingerprint density at radius 1 is 1.50 bits per heavy atom. The molecule has 0 radical (unpaired) electrons. The lowest BCUT2D eigenvalue weighted by Crippen LogP contribution is -2.04. The van der Waals surface area contributed by atoms with Gasteiger partial charge in [0.1, 0.15) is 12.6 Å². The topological polar surface area (TPSA) is 116 Å². The number of carboxylic acids is 1. The number of fused-ring (bicyclic) bond motifs is 1. The first-order valence-electron chi connectivity index (χ1n) is 5.30. The average Bonchev–Trinajstić information content (AvgIpc) is 2.79. The second kappa shape index (κ2) is 4.92. The molecule has 0 bridgehead atoms. The number of hydrogen-bond acceptors (Lipinski definition) is 5. The van der Waals surface area contributed by atoms with Crippen molar-refractivity contribution in [2.45, 2.75) is 12.3 Å². The SMILES string of the molecule is O=CC(CCO)c1c[nH]c2c(C(=O)O)ncnc12. The van der Waals surface area contributed by atoms with Gasteiger partial charge in [0.05, 0.1) is 11.0 Å². The van der Waals surface area contributed by atoms with Crippen LogP contribution in [0, 0.1) is 0 Å². The molecule has 2 aromatic rings. The largest absolute Gasteiger partial charge is 0.476 e. The van der Waals surface area contributed by atoms with Crippen LogP contribution >= 0.6 is 0 Å². The number of aliphatic hydroxyl groups excluding tert-OH is 1. The molecule has 0 aliphatic heterocycles. The lowest BCUT2D eigenvalue weighted by Gasteiger charge is -2.06. The molecular formula is C11H11N3O4. The highest BCUT2D eigenvalue weighted by molar-refractivity contribution is 6.00. The Kier molecular flexibility index (Phi) is 3.33. The van der Waals surface area contributed by atoms with Crippen LogP contribution in [0.4, 0.5) is 0 Å². The molecule has 7 heteroatoms. The third-order valence-electron chi connectivity index (χ3n) is 2.70. The number of nitrogens with one attached hydrogen (secondary N) is 1. The summed E-state index contributed by atoms with van der Waals surface area (Å²) in [5.74, 6) is -1.68. The number of H-pyrrole nitrogens is 1. The summed E-state index contributed by atoms with van der Waals surface area (Å²) in [4.78, 5) is 32.4. The summed E-state index contributed by atoms with van der Waals surface area (Å²) in [6, 6.07) is 0. The molecule has 18 heavy (non-hydrogen) atoms. The van der Waals surface area contributed by atoms with E-state index < -0.39 is 11.9 Å². The van der Waals surface area contributed by atoms with Crippen molar-refractivity contribution in [2.75, 3.05) is 6.61 Å². The number of carbonyl (C=O) groups excluding carboxylic acids is 1. The summed E-state index contributed by atoms with van der Waals surface area (Å²) < 4.78 is 0. The zero-order valence-electron chi connectivity index (χ0n) is 9.33. The molecule has 2 heterocycles. The van der Waals surface area contributed by atoms with Gasteiger partial charge in [-0.05, 0) is 6.42 Å². The zero-order chi connectivity index (χ0) is 13.1. The number of aromatic carboxylic acids is 1. The molecule has 0 aliphatic rings. The van der Waals surface area contributed by atoms with Gasteiger partial charge in [0.2, 0.25) is 0 Å². The van der Waals surface area contributed by atoms with E-state index in [9.17, 15) is 9.59 Å². The molecular weight excluding hydrogens is 238 g/mol. The molecule has 1 atom stereocenters. The van der Waals surface area contributed by atoms with Gasteiger partial charge >= 0.3 is 5.97 Å². The Hall–Kier alpha value is -2.28. The predicted octanol–water partition coefficient (Wildman–Crippen LogP) is 0.321. The molecule has 0 amide bonds. The van der Waals surface area contributed by atoms with Crippen molar-refractivity contribution in [3.05, 3.63) is 23.8 Å². The van der Waals surface area contributed by atoms with Gasteiger partial charge in [-0.25, -0.2) is 14.8 Å². The molecule has 2 rings (SSSR count). The molecule has 0 aromatic carbocycles. The first-order chi connectivity index (χ1) is 8.69. The Morgan fingerprint density at radius 2 is 2.28 bits per heavy atom. The second-order valence-corrected chi connectivity index (χ2v) is 3.75. The fourth-order valence-electron chi connectivity index (χ4n) is 1.84. The van der Waals surface area contributed by atoms with Crippen molar-refractivity contribution in [1.29, 1.82) is 0 Å².